The number of carbonyl (C=O) groups is 2. The largest absolute Gasteiger partial charge is 0.464 e. The number of rotatable bonds is 3. The highest BCUT2D eigenvalue weighted by atomic mass is 19.3. The smallest absolute Gasteiger partial charge is 0.411 e. The summed E-state index contributed by atoms with van der Waals surface area (Å²) in [5, 5.41) is 0. The van der Waals surface area contributed by atoms with E-state index < -0.39 is 36.2 Å². The van der Waals surface area contributed by atoms with E-state index in [1.54, 1.807) is 20.8 Å². The van der Waals surface area contributed by atoms with Crippen LogP contribution < -0.4 is 5.73 Å². The van der Waals surface area contributed by atoms with Gasteiger partial charge in [-0.15, -0.1) is 0 Å². The first-order valence-electron chi connectivity index (χ1n) is 8.26. The number of hydrogen-bond acceptors (Lipinski definition) is 7. The minimum Gasteiger partial charge on any atom is -0.464 e. The van der Waals surface area contributed by atoms with Crippen LogP contribution in [0.3, 0.4) is 0 Å². The Morgan fingerprint density at radius 3 is 2.59 bits per heavy atom. The molecule has 2 atom stereocenters. The number of aromatic nitrogens is 1. The maximum Gasteiger partial charge on any atom is 0.411 e. The molecule has 0 aliphatic carbocycles. The average Bonchev–Trinajstić information content (AvgIpc) is 2.59. The third kappa shape index (κ3) is 4.82. The van der Waals surface area contributed by atoms with E-state index in [1.807, 2.05) is 0 Å². The molecule has 1 aliphatic rings. The van der Waals surface area contributed by atoms with Crippen LogP contribution in [-0.2, 0) is 14.2 Å². The number of nitrogens with two attached hydrogens (primary N) is 1. The number of ether oxygens (including phenoxy) is 3. The molecule has 0 saturated carbocycles. The number of nitrogens with zero attached hydrogens (tertiary/aromatic N) is 2. The van der Waals surface area contributed by atoms with Crippen molar-refractivity contribution in [1.29, 1.82) is 0 Å². The summed E-state index contributed by atoms with van der Waals surface area (Å²) in [5.41, 5.74) is 5.37. The number of alkyl halides is 2. The van der Waals surface area contributed by atoms with Crippen molar-refractivity contribution in [3.8, 4) is 0 Å². The molecule has 1 aliphatic heterocycles. The van der Waals surface area contributed by atoms with Crippen LogP contribution >= 0.6 is 0 Å². The van der Waals surface area contributed by atoms with Crippen LogP contribution in [0.2, 0.25) is 0 Å². The van der Waals surface area contributed by atoms with E-state index in [1.165, 1.54) is 19.4 Å². The van der Waals surface area contributed by atoms with Crippen LogP contribution in [0.1, 0.15) is 42.9 Å². The highest BCUT2D eigenvalue weighted by Gasteiger charge is 2.43. The molecule has 2 N–H and O–H groups in total. The summed E-state index contributed by atoms with van der Waals surface area (Å²) in [6.45, 7) is 4.47. The van der Waals surface area contributed by atoms with Crippen LogP contribution in [0, 0.1) is 0 Å². The van der Waals surface area contributed by atoms with E-state index in [0.29, 0.717) is 0 Å². The third-order valence-corrected chi connectivity index (χ3v) is 3.87. The summed E-state index contributed by atoms with van der Waals surface area (Å²) in [5.74, 6) is -0.720. The SMILES string of the molecule is COC(=O)c1cc([C@H]2COC[C@H](C(F)F)N2C(=O)OC(C)(C)C)c(N)cn1. The number of carbonyl (C=O) groups excluding carboxylic acids is 2. The zero-order valence-electron chi connectivity index (χ0n) is 15.6. The molecule has 0 bridgehead atoms. The molecule has 1 aromatic heterocycles. The Kier molecular flexibility index (Phi) is 6.19. The van der Waals surface area contributed by atoms with Gasteiger partial charge in [-0.25, -0.2) is 23.4 Å². The highest BCUT2D eigenvalue weighted by molar-refractivity contribution is 5.87. The van der Waals surface area contributed by atoms with Gasteiger partial charge < -0.3 is 19.9 Å². The van der Waals surface area contributed by atoms with Gasteiger partial charge in [-0.05, 0) is 26.8 Å². The van der Waals surface area contributed by atoms with E-state index in [-0.39, 0.29) is 30.2 Å². The molecule has 8 nitrogen and oxygen atoms in total. The summed E-state index contributed by atoms with van der Waals surface area (Å²) in [6, 6.07) is -1.19. The number of esters is 1. The standard InChI is InChI=1S/C17H23F2N3O5/c1-17(2,3)27-16(24)22-12(7-26-8-13(22)14(18)19)9-5-11(15(23)25-4)21-6-10(9)20/h5-6,12-14H,7-8,20H2,1-4H3/t12-,13-/m1/s1. The van der Waals surface area contributed by atoms with Gasteiger partial charge in [0.25, 0.3) is 6.43 Å². The fourth-order valence-corrected chi connectivity index (χ4v) is 2.69. The molecule has 0 radical (unpaired) electrons. The molecule has 0 unspecified atom stereocenters. The monoisotopic (exact) mass is 387 g/mol. The second-order valence-corrected chi connectivity index (χ2v) is 7.03. The molecular formula is C17H23F2N3O5. The Morgan fingerprint density at radius 1 is 1.37 bits per heavy atom. The number of nitrogen functional groups attached to an aromatic ring is 1. The van der Waals surface area contributed by atoms with Crippen molar-refractivity contribution in [3.05, 3.63) is 23.5 Å². The summed E-state index contributed by atoms with van der Waals surface area (Å²) in [6.07, 6.45) is -2.57. The van der Waals surface area contributed by atoms with Gasteiger partial charge in [-0.1, -0.05) is 0 Å². The predicted molar refractivity (Wildman–Crippen MR) is 91.4 cm³/mol. The van der Waals surface area contributed by atoms with Crippen molar-refractivity contribution in [2.45, 2.75) is 44.9 Å². The number of amides is 1. The molecule has 10 heteroatoms. The summed E-state index contributed by atoms with van der Waals surface area (Å²) in [4.78, 5) is 29.2. The summed E-state index contributed by atoms with van der Waals surface area (Å²) >= 11 is 0. The first kappa shape index (κ1) is 20.8. The maximum atomic E-state index is 13.6. The minimum atomic E-state index is -2.86. The Balaban J connectivity index is 2.48. The van der Waals surface area contributed by atoms with E-state index >= 15 is 0 Å². The topological polar surface area (TPSA) is 104 Å². The average molecular weight is 387 g/mol. The molecule has 2 heterocycles. The van der Waals surface area contributed by atoms with Crippen molar-refractivity contribution >= 4 is 17.7 Å². The van der Waals surface area contributed by atoms with E-state index in [2.05, 4.69) is 9.72 Å². The quantitative estimate of drug-likeness (QED) is 0.794. The van der Waals surface area contributed by atoms with Gasteiger partial charge in [0.2, 0.25) is 0 Å². The minimum absolute atomic E-state index is 0.0648. The fraction of sp³-hybridized carbons (Fsp3) is 0.588. The van der Waals surface area contributed by atoms with Gasteiger partial charge in [0, 0.05) is 5.56 Å². The molecule has 2 rings (SSSR count). The molecule has 1 aromatic rings. The van der Waals surface area contributed by atoms with Crippen molar-refractivity contribution in [2.75, 3.05) is 26.1 Å². The van der Waals surface area contributed by atoms with Crippen LogP contribution in [0.15, 0.2) is 12.3 Å². The van der Waals surface area contributed by atoms with Crippen LogP contribution in [0.5, 0.6) is 0 Å². The van der Waals surface area contributed by atoms with Crippen molar-refractivity contribution < 1.29 is 32.6 Å². The predicted octanol–water partition coefficient (Wildman–Crippen LogP) is 2.39. The number of pyridine rings is 1. The Morgan fingerprint density at radius 2 is 2.04 bits per heavy atom. The molecule has 0 spiro atoms. The lowest BCUT2D eigenvalue weighted by atomic mass is 10.0. The first-order chi connectivity index (χ1) is 12.5. The van der Waals surface area contributed by atoms with Gasteiger partial charge in [-0.2, -0.15) is 0 Å². The van der Waals surface area contributed by atoms with Gasteiger partial charge in [0.15, 0.2) is 0 Å². The second-order valence-electron chi connectivity index (χ2n) is 7.03. The zero-order chi connectivity index (χ0) is 20.4. The first-order valence-corrected chi connectivity index (χ1v) is 8.26. The number of hydrogen-bond donors (Lipinski definition) is 1. The van der Waals surface area contributed by atoms with E-state index in [4.69, 9.17) is 15.2 Å². The van der Waals surface area contributed by atoms with Crippen molar-refractivity contribution in [3.63, 3.8) is 0 Å². The van der Waals surface area contributed by atoms with Crippen LogP contribution in [0.25, 0.3) is 0 Å². The van der Waals surface area contributed by atoms with Gasteiger partial charge in [0.05, 0.1) is 38.2 Å². The van der Waals surface area contributed by atoms with E-state index in [0.717, 1.165) is 4.90 Å². The maximum absolute atomic E-state index is 13.6. The fourth-order valence-electron chi connectivity index (χ4n) is 2.69. The number of methoxy groups -OCH3 is 1. The lowest BCUT2D eigenvalue weighted by Gasteiger charge is -2.42. The summed E-state index contributed by atoms with van der Waals surface area (Å²) in [7, 11) is 1.18. The second kappa shape index (κ2) is 8.03. The number of halogens is 2. The van der Waals surface area contributed by atoms with Gasteiger partial charge in [0.1, 0.15) is 17.3 Å². The van der Waals surface area contributed by atoms with Crippen LogP contribution in [0.4, 0.5) is 19.3 Å². The third-order valence-electron chi connectivity index (χ3n) is 3.87. The lowest BCUT2D eigenvalue weighted by molar-refractivity contribution is -0.102. The molecular weight excluding hydrogens is 364 g/mol. The van der Waals surface area contributed by atoms with E-state index in [9.17, 15) is 18.4 Å². The molecule has 0 aromatic carbocycles. The highest BCUT2D eigenvalue weighted by Crippen LogP contribution is 2.34. The number of morpholine rings is 1. The molecule has 150 valence electrons. The summed E-state index contributed by atoms with van der Waals surface area (Å²) < 4.78 is 42.3. The Hall–Kier alpha value is -2.49. The van der Waals surface area contributed by atoms with Crippen LogP contribution in [-0.4, -0.2) is 60.3 Å². The van der Waals surface area contributed by atoms with Crippen molar-refractivity contribution in [1.82, 2.24) is 9.88 Å². The zero-order valence-corrected chi connectivity index (χ0v) is 15.6. The Labute approximate surface area is 155 Å². The van der Waals surface area contributed by atoms with Gasteiger partial charge in [-0.3, -0.25) is 4.90 Å². The molecule has 1 saturated heterocycles. The molecule has 1 amide bonds. The lowest BCUT2D eigenvalue weighted by Crippen LogP contribution is -2.55. The Bertz CT molecular complexity index is 708. The molecule has 1 fully saturated rings. The number of anilines is 1. The molecule has 27 heavy (non-hydrogen) atoms. The normalized spacial score (nSPS) is 20.5. The van der Waals surface area contributed by atoms with Crippen molar-refractivity contribution in [2.24, 2.45) is 0 Å². The van der Waals surface area contributed by atoms with Gasteiger partial charge >= 0.3 is 12.1 Å².